The summed E-state index contributed by atoms with van der Waals surface area (Å²) in [6.07, 6.45) is 1.83. The maximum absolute atomic E-state index is 5.78. The Hall–Kier alpha value is -0.830. The highest BCUT2D eigenvalue weighted by molar-refractivity contribution is 14.0. The summed E-state index contributed by atoms with van der Waals surface area (Å²) in [5, 5.41) is 7.00. The zero-order valence-corrected chi connectivity index (χ0v) is 14.9. The second-order valence-corrected chi connectivity index (χ2v) is 4.67. The van der Waals surface area contributed by atoms with E-state index in [-0.39, 0.29) is 30.0 Å². The standard InChI is InChI=1S/C13H24N4O2.HI/c1-9(8-18-4)16-13(14)15-7-5-6-12-10(2)17-19-11(12)3;/h9H,5-8H2,1-4H3,(H3,14,15,16);1H. The normalized spacial score (nSPS) is 12.9. The molecular formula is C13H25IN4O2. The Balaban J connectivity index is 0.00000361. The van der Waals surface area contributed by atoms with Gasteiger partial charge in [-0.25, -0.2) is 0 Å². The molecule has 0 aliphatic heterocycles. The number of methoxy groups -OCH3 is 1. The van der Waals surface area contributed by atoms with Crippen LogP contribution >= 0.6 is 24.0 Å². The Labute approximate surface area is 137 Å². The lowest BCUT2D eigenvalue weighted by Gasteiger charge is -2.12. The molecule has 0 bridgehead atoms. The minimum atomic E-state index is 0. The molecule has 1 rings (SSSR count). The van der Waals surface area contributed by atoms with E-state index in [1.54, 1.807) is 7.11 Å². The Morgan fingerprint density at radius 2 is 2.20 bits per heavy atom. The number of hydrogen-bond donors (Lipinski definition) is 2. The van der Waals surface area contributed by atoms with Crippen LogP contribution in [0.2, 0.25) is 0 Å². The fourth-order valence-corrected chi connectivity index (χ4v) is 1.90. The average Bonchev–Trinajstić information content (AvgIpc) is 2.65. The molecule has 0 aromatic carbocycles. The SMILES string of the molecule is COCC(C)NC(N)=NCCCc1c(C)noc1C.I. The maximum Gasteiger partial charge on any atom is 0.188 e. The number of nitrogens with two attached hydrogens (primary N) is 1. The molecule has 0 aliphatic rings. The van der Waals surface area contributed by atoms with E-state index < -0.39 is 0 Å². The van der Waals surface area contributed by atoms with Gasteiger partial charge in [0.1, 0.15) is 5.76 Å². The number of nitrogens with one attached hydrogen (secondary N) is 1. The number of halogens is 1. The lowest BCUT2D eigenvalue weighted by atomic mass is 10.1. The Kier molecular flexibility index (Phi) is 9.56. The third-order valence-corrected chi connectivity index (χ3v) is 2.86. The predicted octanol–water partition coefficient (Wildman–Crippen LogP) is 1.78. The molecule has 0 saturated carbocycles. The van der Waals surface area contributed by atoms with Gasteiger partial charge in [-0.3, -0.25) is 4.99 Å². The van der Waals surface area contributed by atoms with E-state index in [0.29, 0.717) is 19.1 Å². The van der Waals surface area contributed by atoms with Crippen LogP contribution in [0.3, 0.4) is 0 Å². The van der Waals surface area contributed by atoms with Crippen molar-refractivity contribution in [2.45, 2.75) is 39.7 Å². The van der Waals surface area contributed by atoms with E-state index in [1.165, 1.54) is 5.56 Å². The molecule has 0 radical (unpaired) electrons. The largest absolute Gasteiger partial charge is 0.383 e. The van der Waals surface area contributed by atoms with E-state index in [2.05, 4.69) is 15.5 Å². The molecular weight excluding hydrogens is 371 g/mol. The van der Waals surface area contributed by atoms with Crippen molar-refractivity contribution in [2.75, 3.05) is 20.3 Å². The lowest BCUT2D eigenvalue weighted by Crippen LogP contribution is -2.40. The number of hydrogen-bond acceptors (Lipinski definition) is 4. The monoisotopic (exact) mass is 396 g/mol. The first-order chi connectivity index (χ1) is 9.04. The van der Waals surface area contributed by atoms with Crippen LogP contribution in [0.1, 0.15) is 30.4 Å². The number of aromatic nitrogens is 1. The van der Waals surface area contributed by atoms with Gasteiger partial charge in [-0.2, -0.15) is 0 Å². The van der Waals surface area contributed by atoms with E-state index in [0.717, 1.165) is 24.3 Å². The first-order valence-electron chi connectivity index (χ1n) is 6.51. The molecule has 0 amide bonds. The van der Waals surface area contributed by atoms with Crippen molar-refractivity contribution in [3.8, 4) is 0 Å². The summed E-state index contributed by atoms with van der Waals surface area (Å²) < 4.78 is 10.1. The molecule has 1 unspecified atom stereocenters. The fourth-order valence-electron chi connectivity index (χ4n) is 1.90. The molecule has 7 heteroatoms. The van der Waals surface area contributed by atoms with Gasteiger partial charge in [-0.1, -0.05) is 5.16 Å². The van der Waals surface area contributed by atoms with Gasteiger partial charge in [0.05, 0.1) is 12.3 Å². The van der Waals surface area contributed by atoms with Crippen molar-refractivity contribution in [1.29, 1.82) is 0 Å². The Morgan fingerprint density at radius 1 is 1.50 bits per heavy atom. The van der Waals surface area contributed by atoms with Crippen molar-refractivity contribution in [3.05, 3.63) is 17.0 Å². The first kappa shape index (κ1) is 19.2. The zero-order chi connectivity index (χ0) is 14.3. The van der Waals surface area contributed by atoms with Gasteiger partial charge in [0.2, 0.25) is 0 Å². The van der Waals surface area contributed by atoms with Gasteiger partial charge in [0, 0.05) is 25.3 Å². The van der Waals surface area contributed by atoms with Crippen LogP contribution in [0, 0.1) is 13.8 Å². The highest BCUT2D eigenvalue weighted by Crippen LogP contribution is 2.13. The summed E-state index contributed by atoms with van der Waals surface area (Å²) in [4.78, 5) is 4.28. The van der Waals surface area contributed by atoms with Crippen LogP contribution in [-0.4, -0.2) is 37.4 Å². The van der Waals surface area contributed by atoms with E-state index in [1.807, 2.05) is 20.8 Å². The van der Waals surface area contributed by atoms with Gasteiger partial charge in [-0.15, -0.1) is 24.0 Å². The number of rotatable bonds is 7. The van der Waals surface area contributed by atoms with Crippen LogP contribution in [0.5, 0.6) is 0 Å². The van der Waals surface area contributed by atoms with E-state index >= 15 is 0 Å². The molecule has 1 aromatic heterocycles. The molecule has 0 aliphatic carbocycles. The topological polar surface area (TPSA) is 85.7 Å². The van der Waals surface area contributed by atoms with Gasteiger partial charge < -0.3 is 20.3 Å². The molecule has 1 atom stereocenters. The number of ether oxygens (including phenoxy) is 1. The summed E-state index contributed by atoms with van der Waals surface area (Å²) in [5.74, 6) is 1.35. The fraction of sp³-hybridized carbons (Fsp3) is 0.692. The molecule has 3 N–H and O–H groups in total. The van der Waals surface area contributed by atoms with Crippen LogP contribution in [0.25, 0.3) is 0 Å². The maximum atomic E-state index is 5.78. The van der Waals surface area contributed by atoms with Crippen molar-refractivity contribution < 1.29 is 9.26 Å². The summed E-state index contributed by atoms with van der Waals surface area (Å²) >= 11 is 0. The minimum absolute atomic E-state index is 0. The second kappa shape index (κ2) is 9.98. The number of aliphatic imine (C=N–C) groups is 1. The highest BCUT2D eigenvalue weighted by atomic mass is 127. The summed E-state index contributed by atoms with van der Waals surface area (Å²) in [7, 11) is 1.66. The van der Waals surface area contributed by atoms with Crippen molar-refractivity contribution in [3.63, 3.8) is 0 Å². The molecule has 116 valence electrons. The minimum Gasteiger partial charge on any atom is -0.383 e. The predicted molar refractivity (Wildman–Crippen MR) is 90.7 cm³/mol. The summed E-state index contributed by atoms with van der Waals surface area (Å²) in [5.41, 5.74) is 7.91. The molecule has 1 aromatic rings. The van der Waals surface area contributed by atoms with Crippen molar-refractivity contribution in [1.82, 2.24) is 10.5 Å². The van der Waals surface area contributed by atoms with Crippen LogP contribution in [-0.2, 0) is 11.2 Å². The molecule has 0 spiro atoms. The average molecular weight is 396 g/mol. The van der Waals surface area contributed by atoms with Gasteiger partial charge in [0.25, 0.3) is 0 Å². The Bertz CT molecular complexity index is 401. The molecule has 1 heterocycles. The quantitative estimate of drug-likeness (QED) is 0.318. The molecule has 6 nitrogen and oxygen atoms in total. The number of nitrogens with zero attached hydrogens (tertiary/aromatic N) is 2. The third kappa shape index (κ3) is 6.56. The van der Waals surface area contributed by atoms with Crippen molar-refractivity contribution in [2.24, 2.45) is 10.7 Å². The van der Waals surface area contributed by atoms with Gasteiger partial charge in [0.15, 0.2) is 5.96 Å². The summed E-state index contributed by atoms with van der Waals surface area (Å²) in [6.45, 7) is 7.17. The van der Waals surface area contributed by atoms with Crippen LogP contribution in [0.4, 0.5) is 0 Å². The third-order valence-electron chi connectivity index (χ3n) is 2.86. The molecule has 0 fully saturated rings. The Morgan fingerprint density at radius 3 is 2.75 bits per heavy atom. The van der Waals surface area contributed by atoms with Gasteiger partial charge >= 0.3 is 0 Å². The van der Waals surface area contributed by atoms with E-state index in [9.17, 15) is 0 Å². The second-order valence-electron chi connectivity index (χ2n) is 4.67. The number of guanidine groups is 1. The number of aryl methyl sites for hydroxylation is 2. The zero-order valence-electron chi connectivity index (χ0n) is 12.6. The van der Waals surface area contributed by atoms with E-state index in [4.69, 9.17) is 15.0 Å². The van der Waals surface area contributed by atoms with Crippen LogP contribution < -0.4 is 11.1 Å². The van der Waals surface area contributed by atoms with Crippen LogP contribution in [0.15, 0.2) is 9.52 Å². The molecule has 20 heavy (non-hydrogen) atoms. The lowest BCUT2D eigenvalue weighted by molar-refractivity contribution is 0.179. The summed E-state index contributed by atoms with van der Waals surface area (Å²) in [6, 6.07) is 0.163. The smallest absolute Gasteiger partial charge is 0.188 e. The van der Waals surface area contributed by atoms with Gasteiger partial charge in [-0.05, 0) is 33.6 Å². The first-order valence-corrected chi connectivity index (χ1v) is 6.51. The highest BCUT2D eigenvalue weighted by Gasteiger charge is 2.07. The molecule has 0 saturated heterocycles. The van der Waals surface area contributed by atoms with Crippen molar-refractivity contribution >= 4 is 29.9 Å².